The normalized spacial score (nSPS) is 20.8. The quantitative estimate of drug-likeness (QED) is 0.414. The number of carbonyl (C=O) groups excluding carboxylic acids is 2. The lowest BCUT2D eigenvalue weighted by Gasteiger charge is -2.40. The number of carbonyl (C=O) groups is 2. The molecular weight excluding hydrogens is 590 g/mol. The molecule has 3 aromatic rings. The van der Waals surface area contributed by atoms with Crippen LogP contribution in [-0.2, 0) is 27.8 Å². The first-order chi connectivity index (χ1) is 19.2. The van der Waals surface area contributed by atoms with Crippen molar-refractivity contribution in [3.8, 4) is 0 Å². The van der Waals surface area contributed by atoms with Crippen LogP contribution in [0.3, 0.4) is 0 Å². The third-order valence-corrected chi connectivity index (χ3v) is 12.7. The molecule has 13 heteroatoms. The Labute approximate surface area is 247 Å². The molecule has 1 atom stereocenters. The zero-order valence-electron chi connectivity index (χ0n) is 22.3. The number of likely N-dealkylation sites (tertiary alicyclic amines) is 1. The zero-order chi connectivity index (χ0) is 28.0. The molecule has 40 heavy (non-hydrogen) atoms. The van der Waals surface area contributed by atoms with Crippen LogP contribution in [0.2, 0.25) is 5.02 Å². The summed E-state index contributed by atoms with van der Waals surface area (Å²) in [5.41, 5.74) is 0.985. The summed E-state index contributed by atoms with van der Waals surface area (Å²) < 4.78 is 30.0. The van der Waals surface area contributed by atoms with E-state index in [-0.39, 0.29) is 42.1 Å². The predicted octanol–water partition coefficient (Wildman–Crippen LogP) is 3.92. The van der Waals surface area contributed by atoms with Gasteiger partial charge in [0, 0.05) is 79.3 Å². The Morgan fingerprint density at radius 3 is 2.67 bits per heavy atom. The summed E-state index contributed by atoms with van der Waals surface area (Å²) in [7, 11) is -1.73. The molecule has 0 bridgehead atoms. The molecule has 3 aliphatic heterocycles. The summed E-state index contributed by atoms with van der Waals surface area (Å²) in [4.78, 5) is 38.3. The molecule has 0 radical (unpaired) electrons. The highest BCUT2D eigenvalue weighted by Crippen LogP contribution is 2.34. The number of nitrogens with zero attached hydrogens (tertiary/aromatic N) is 5. The van der Waals surface area contributed by atoms with Crippen molar-refractivity contribution in [3.05, 3.63) is 44.9 Å². The van der Waals surface area contributed by atoms with Crippen LogP contribution in [0.1, 0.15) is 46.1 Å². The maximum absolute atomic E-state index is 13.8. The van der Waals surface area contributed by atoms with Gasteiger partial charge >= 0.3 is 0 Å². The van der Waals surface area contributed by atoms with Gasteiger partial charge in [0.05, 0.1) is 5.69 Å². The summed E-state index contributed by atoms with van der Waals surface area (Å²) in [5.74, 6) is -0.103. The highest BCUT2D eigenvalue weighted by atomic mass is 35.5. The summed E-state index contributed by atoms with van der Waals surface area (Å²) in [6.07, 6.45) is 3.52. The predicted molar refractivity (Wildman–Crippen MR) is 158 cm³/mol. The van der Waals surface area contributed by atoms with Crippen molar-refractivity contribution in [2.75, 3.05) is 46.3 Å². The number of amides is 2. The number of aromatic nitrogens is 1. The van der Waals surface area contributed by atoms with Gasteiger partial charge in [-0.05, 0) is 49.9 Å². The van der Waals surface area contributed by atoms with Crippen molar-refractivity contribution in [1.82, 2.24) is 24.0 Å². The Morgan fingerprint density at radius 2 is 1.88 bits per heavy atom. The number of fused-ring (bicyclic) bond motifs is 2. The number of piperazine rings is 1. The molecular formula is C27H32ClN5O4S3. The van der Waals surface area contributed by atoms with Crippen LogP contribution >= 0.6 is 34.3 Å². The molecule has 9 nitrogen and oxygen atoms in total. The fraction of sp³-hybridized carbons (Fsp3) is 0.519. The van der Waals surface area contributed by atoms with Crippen molar-refractivity contribution in [1.29, 1.82) is 0 Å². The van der Waals surface area contributed by atoms with E-state index in [2.05, 4.69) is 16.9 Å². The third kappa shape index (κ3) is 5.54. The number of hydrogen-bond acceptors (Lipinski definition) is 8. The number of sulfonamides is 1. The first-order valence-electron chi connectivity index (χ1n) is 13.6. The first kappa shape index (κ1) is 28.0. The SMILES string of the molecule is CN1CCc2nc(C(=O)N3CCN(S(=O)(=O)c4cc5ccc(Cl)cc5s4)CC3CCC(=O)N3CCCC3)sc2C1. The molecule has 5 heterocycles. The minimum absolute atomic E-state index is 0.0685. The molecule has 0 saturated carbocycles. The highest BCUT2D eigenvalue weighted by Gasteiger charge is 2.39. The topological polar surface area (TPSA) is 94.1 Å². The zero-order valence-corrected chi connectivity index (χ0v) is 25.5. The molecule has 0 aliphatic carbocycles. The molecule has 214 valence electrons. The van der Waals surface area contributed by atoms with Crippen LogP contribution in [0.5, 0.6) is 0 Å². The fourth-order valence-electron chi connectivity index (χ4n) is 5.75. The van der Waals surface area contributed by atoms with E-state index >= 15 is 0 Å². The lowest BCUT2D eigenvalue weighted by molar-refractivity contribution is -0.130. The summed E-state index contributed by atoms with van der Waals surface area (Å²) in [5, 5.41) is 1.84. The van der Waals surface area contributed by atoms with Gasteiger partial charge < -0.3 is 14.7 Å². The molecule has 3 aliphatic rings. The summed E-state index contributed by atoms with van der Waals surface area (Å²) in [6.45, 7) is 3.80. The fourth-order valence-corrected chi connectivity index (χ4v) is 10.2. The molecule has 2 saturated heterocycles. The van der Waals surface area contributed by atoms with Crippen molar-refractivity contribution >= 4 is 66.2 Å². The number of likely N-dealkylation sites (N-methyl/N-ethyl adjacent to an activating group) is 1. The van der Waals surface area contributed by atoms with Crippen LogP contribution in [0, 0.1) is 0 Å². The second kappa shape index (κ2) is 11.3. The van der Waals surface area contributed by atoms with E-state index in [1.165, 1.54) is 27.0 Å². The van der Waals surface area contributed by atoms with Gasteiger partial charge in [-0.15, -0.1) is 22.7 Å². The smallest absolute Gasteiger partial charge is 0.283 e. The molecule has 2 amide bonds. The van der Waals surface area contributed by atoms with Gasteiger partial charge in [-0.1, -0.05) is 17.7 Å². The third-order valence-electron chi connectivity index (χ3n) is 8.02. The average molecular weight is 622 g/mol. The number of thiazole rings is 1. The van der Waals surface area contributed by atoms with Crippen LogP contribution in [0.15, 0.2) is 28.5 Å². The Morgan fingerprint density at radius 1 is 1.07 bits per heavy atom. The molecule has 0 N–H and O–H groups in total. The molecule has 1 unspecified atom stereocenters. The van der Waals surface area contributed by atoms with Gasteiger partial charge in [0.15, 0.2) is 5.01 Å². The van der Waals surface area contributed by atoms with E-state index in [1.54, 1.807) is 23.1 Å². The molecule has 6 rings (SSSR count). The van der Waals surface area contributed by atoms with Crippen molar-refractivity contribution in [2.24, 2.45) is 0 Å². The van der Waals surface area contributed by atoms with Crippen LogP contribution in [-0.4, -0.2) is 96.6 Å². The number of halogens is 1. The van der Waals surface area contributed by atoms with Crippen LogP contribution in [0.4, 0.5) is 0 Å². The van der Waals surface area contributed by atoms with Crippen molar-refractivity contribution in [2.45, 2.75) is 48.9 Å². The number of rotatable bonds is 6. The van der Waals surface area contributed by atoms with E-state index in [0.29, 0.717) is 16.5 Å². The van der Waals surface area contributed by atoms with E-state index in [0.717, 1.165) is 66.1 Å². The monoisotopic (exact) mass is 621 g/mol. The van der Waals surface area contributed by atoms with E-state index < -0.39 is 16.1 Å². The molecule has 1 aromatic carbocycles. The lowest BCUT2D eigenvalue weighted by Crippen LogP contribution is -2.56. The second-order valence-corrected chi connectivity index (χ2v) is 15.5. The standard InChI is InChI=1S/C27H32ClN5O4S3/c1-30-11-8-21-23(17-30)39-26(29-21)27(35)33-13-12-32(16-20(33)6-7-24(34)31-9-2-3-10-31)40(36,37)25-14-18-4-5-19(28)15-22(18)38-25/h4-5,14-15,20H,2-3,6-13,16-17H2,1H3. The average Bonchev–Trinajstić information content (AvgIpc) is 3.70. The van der Waals surface area contributed by atoms with Gasteiger partial charge in [-0.3, -0.25) is 9.59 Å². The minimum atomic E-state index is -3.79. The Bertz CT molecular complexity index is 1550. The summed E-state index contributed by atoms with van der Waals surface area (Å²) >= 11 is 8.76. The molecule has 2 fully saturated rings. The number of benzene rings is 1. The maximum Gasteiger partial charge on any atom is 0.283 e. The van der Waals surface area contributed by atoms with Crippen LogP contribution < -0.4 is 0 Å². The molecule has 2 aromatic heterocycles. The largest absolute Gasteiger partial charge is 0.343 e. The highest BCUT2D eigenvalue weighted by molar-refractivity contribution is 7.91. The summed E-state index contributed by atoms with van der Waals surface area (Å²) in [6, 6.07) is 6.61. The Balaban J connectivity index is 1.24. The minimum Gasteiger partial charge on any atom is -0.343 e. The van der Waals surface area contributed by atoms with Gasteiger partial charge in [0.1, 0.15) is 4.21 Å². The van der Waals surface area contributed by atoms with Gasteiger partial charge in [0.2, 0.25) is 5.91 Å². The Hall–Kier alpha value is -2.09. The van der Waals surface area contributed by atoms with E-state index in [4.69, 9.17) is 11.6 Å². The second-order valence-electron chi connectivity index (χ2n) is 10.8. The van der Waals surface area contributed by atoms with Gasteiger partial charge in [-0.2, -0.15) is 4.31 Å². The first-order valence-corrected chi connectivity index (χ1v) is 17.1. The lowest BCUT2D eigenvalue weighted by atomic mass is 10.1. The van der Waals surface area contributed by atoms with E-state index in [9.17, 15) is 18.0 Å². The Kier molecular flexibility index (Phi) is 7.92. The van der Waals surface area contributed by atoms with Crippen LogP contribution in [0.25, 0.3) is 10.1 Å². The number of thiophene rings is 1. The van der Waals surface area contributed by atoms with Crippen molar-refractivity contribution < 1.29 is 18.0 Å². The molecule has 0 spiro atoms. The van der Waals surface area contributed by atoms with Gasteiger partial charge in [-0.25, -0.2) is 13.4 Å². The maximum atomic E-state index is 13.8. The number of hydrogen-bond donors (Lipinski definition) is 0. The van der Waals surface area contributed by atoms with E-state index in [1.807, 2.05) is 11.0 Å². The van der Waals surface area contributed by atoms with Gasteiger partial charge in [0.25, 0.3) is 15.9 Å². The van der Waals surface area contributed by atoms with Crippen molar-refractivity contribution in [3.63, 3.8) is 0 Å².